The molecule has 1 aliphatic rings. The lowest BCUT2D eigenvalue weighted by Gasteiger charge is -2.26. The summed E-state index contributed by atoms with van der Waals surface area (Å²) in [7, 11) is 3.88. The first kappa shape index (κ1) is 27.4. The molecule has 0 spiro atoms. The van der Waals surface area contributed by atoms with E-state index in [0.717, 1.165) is 34.7 Å². The Labute approximate surface area is 216 Å². The van der Waals surface area contributed by atoms with E-state index < -0.39 is 0 Å². The Hall–Kier alpha value is -3.15. The zero-order chi connectivity index (χ0) is 26.4. The topological polar surface area (TPSA) is 84.1 Å². The van der Waals surface area contributed by atoms with Crippen LogP contribution >= 0.6 is 0 Å². The summed E-state index contributed by atoms with van der Waals surface area (Å²) in [5.41, 5.74) is 11.1. The summed E-state index contributed by atoms with van der Waals surface area (Å²) in [4.78, 5) is 22.7. The normalized spacial score (nSPS) is 17.4. The minimum atomic E-state index is 0.0835. The zero-order valence-corrected chi connectivity index (χ0v) is 23.1. The van der Waals surface area contributed by atoms with Gasteiger partial charge in [-0.05, 0) is 85.4 Å². The number of nitrogens with two attached hydrogens (primary N) is 1. The molecule has 0 unspecified atom stereocenters. The van der Waals surface area contributed by atoms with E-state index in [-0.39, 0.29) is 5.91 Å². The number of aromatic nitrogens is 2. The SMILES string of the molecule is CN(C)c1nc(N)nc2ccccc12.Cc1cc(C(=O)NCC2CCC(C)CC2)cc(C)c1C(C)C. The number of para-hydroxylation sites is 1. The molecule has 2 aromatic carbocycles. The van der Waals surface area contributed by atoms with Crippen molar-refractivity contribution in [3.8, 4) is 0 Å². The van der Waals surface area contributed by atoms with E-state index in [4.69, 9.17) is 5.73 Å². The van der Waals surface area contributed by atoms with Crippen molar-refractivity contribution in [2.45, 2.75) is 66.2 Å². The summed E-state index contributed by atoms with van der Waals surface area (Å²) >= 11 is 0. The molecule has 0 aliphatic heterocycles. The van der Waals surface area contributed by atoms with Crippen LogP contribution in [0.15, 0.2) is 36.4 Å². The first-order chi connectivity index (χ1) is 17.1. The van der Waals surface area contributed by atoms with Crippen molar-refractivity contribution >= 4 is 28.6 Å². The summed E-state index contributed by atoms with van der Waals surface area (Å²) in [6, 6.07) is 11.9. The highest BCUT2D eigenvalue weighted by molar-refractivity contribution is 5.94. The number of nitrogens with one attached hydrogen (secondary N) is 1. The van der Waals surface area contributed by atoms with Crippen molar-refractivity contribution in [2.75, 3.05) is 31.3 Å². The molecule has 1 amide bonds. The van der Waals surface area contributed by atoms with E-state index in [1.54, 1.807) is 0 Å². The molecule has 3 aromatic rings. The summed E-state index contributed by atoms with van der Waals surface area (Å²) < 4.78 is 0. The highest BCUT2D eigenvalue weighted by Crippen LogP contribution is 2.28. The maximum absolute atomic E-state index is 12.4. The van der Waals surface area contributed by atoms with Gasteiger partial charge in [0, 0.05) is 31.6 Å². The monoisotopic (exact) mass is 489 g/mol. The van der Waals surface area contributed by atoms with Gasteiger partial charge in [0.05, 0.1) is 5.52 Å². The summed E-state index contributed by atoms with van der Waals surface area (Å²) in [5.74, 6) is 3.28. The number of hydrogen-bond acceptors (Lipinski definition) is 5. The number of carbonyl (C=O) groups is 1. The zero-order valence-electron chi connectivity index (χ0n) is 23.1. The minimum absolute atomic E-state index is 0.0835. The van der Waals surface area contributed by atoms with Gasteiger partial charge in [0.1, 0.15) is 5.82 Å². The molecule has 0 bridgehead atoms. The van der Waals surface area contributed by atoms with E-state index in [1.165, 1.54) is 42.4 Å². The molecule has 4 rings (SSSR count). The second-order valence-electron chi connectivity index (χ2n) is 10.8. The van der Waals surface area contributed by atoms with Gasteiger partial charge in [-0.1, -0.05) is 45.7 Å². The van der Waals surface area contributed by atoms with Crippen LogP contribution in [0.2, 0.25) is 0 Å². The predicted octanol–water partition coefficient (Wildman–Crippen LogP) is 6.26. The van der Waals surface area contributed by atoms with Crippen molar-refractivity contribution in [3.63, 3.8) is 0 Å². The Morgan fingerprint density at radius 3 is 2.25 bits per heavy atom. The van der Waals surface area contributed by atoms with Crippen LogP contribution in [-0.2, 0) is 0 Å². The average Bonchev–Trinajstić information content (AvgIpc) is 2.82. The maximum Gasteiger partial charge on any atom is 0.251 e. The number of carbonyl (C=O) groups excluding carboxylic acids is 1. The molecule has 1 fully saturated rings. The van der Waals surface area contributed by atoms with E-state index in [2.05, 4.69) is 49.9 Å². The number of amides is 1. The third-order valence-corrected chi connectivity index (χ3v) is 7.14. The Morgan fingerprint density at radius 1 is 1.06 bits per heavy atom. The van der Waals surface area contributed by atoms with E-state index >= 15 is 0 Å². The number of fused-ring (bicyclic) bond motifs is 1. The Balaban J connectivity index is 0.000000221. The van der Waals surface area contributed by atoms with Gasteiger partial charge in [-0.15, -0.1) is 0 Å². The first-order valence-corrected chi connectivity index (χ1v) is 13.2. The molecule has 1 aromatic heterocycles. The van der Waals surface area contributed by atoms with Crippen LogP contribution < -0.4 is 16.0 Å². The van der Waals surface area contributed by atoms with E-state index in [0.29, 0.717) is 17.8 Å². The predicted molar refractivity (Wildman–Crippen MR) is 152 cm³/mol. The quantitative estimate of drug-likeness (QED) is 0.442. The minimum Gasteiger partial charge on any atom is -0.368 e. The van der Waals surface area contributed by atoms with Crippen LogP contribution in [0, 0.1) is 25.7 Å². The molecule has 1 heterocycles. The molecule has 0 saturated heterocycles. The molecule has 36 heavy (non-hydrogen) atoms. The second kappa shape index (κ2) is 12.2. The molecule has 0 atom stereocenters. The van der Waals surface area contributed by atoms with Crippen molar-refractivity contribution in [3.05, 3.63) is 58.7 Å². The lowest BCUT2D eigenvalue weighted by atomic mass is 9.83. The Kier molecular flexibility index (Phi) is 9.30. The highest BCUT2D eigenvalue weighted by atomic mass is 16.1. The number of aryl methyl sites for hydroxylation is 2. The largest absolute Gasteiger partial charge is 0.368 e. The highest BCUT2D eigenvalue weighted by Gasteiger charge is 2.19. The van der Waals surface area contributed by atoms with Gasteiger partial charge in [-0.2, -0.15) is 4.98 Å². The lowest BCUT2D eigenvalue weighted by molar-refractivity contribution is 0.0941. The van der Waals surface area contributed by atoms with E-state index in [9.17, 15) is 4.79 Å². The van der Waals surface area contributed by atoms with Gasteiger partial charge in [-0.25, -0.2) is 4.98 Å². The van der Waals surface area contributed by atoms with Crippen molar-refractivity contribution in [1.29, 1.82) is 0 Å². The fraction of sp³-hybridized carbons (Fsp3) is 0.500. The summed E-state index contributed by atoms with van der Waals surface area (Å²) in [5, 5.41) is 4.17. The Bertz CT molecular complexity index is 1160. The van der Waals surface area contributed by atoms with Crippen molar-refractivity contribution in [2.24, 2.45) is 11.8 Å². The molecule has 6 nitrogen and oxygen atoms in total. The smallest absolute Gasteiger partial charge is 0.251 e. The number of rotatable bonds is 5. The van der Waals surface area contributed by atoms with Crippen molar-refractivity contribution in [1.82, 2.24) is 15.3 Å². The van der Waals surface area contributed by atoms with Crippen LogP contribution in [0.3, 0.4) is 0 Å². The Morgan fingerprint density at radius 2 is 1.67 bits per heavy atom. The molecular formula is C30H43N5O. The summed E-state index contributed by atoms with van der Waals surface area (Å²) in [6.45, 7) is 11.8. The fourth-order valence-electron chi connectivity index (χ4n) is 5.31. The number of anilines is 2. The van der Waals surface area contributed by atoms with Gasteiger partial charge >= 0.3 is 0 Å². The number of hydrogen-bond donors (Lipinski definition) is 2. The van der Waals surface area contributed by atoms with Gasteiger partial charge in [-0.3, -0.25) is 4.79 Å². The van der Waals surface area contributed by atoms with Crippen LogP contribution in [-0.4, -0.2) is 36.5 Å². The van der Waals surface area contributed by atoms with E-state index in [1.807, 2.05) is 55.4 Å². The second-order valence-corrected chi connectivity index (χ2v) is 10.8. The molecule has 6 heteroatoms. The van der Waals surface area contributed by atoms with Crippen molar-refractivity contribution < 1.29 is 4.79 Å². The van der Waals surface area contributed by atoms with Gasteiger partial charge in [0.15, 0.2) is 0 Å². The average molecular weight is 490 g/mol. The van der Waals surface area contributed by atoms with Gasteiger partial charge in [0.25, 0.3) is 5.91 Å². The van der Waals surface area contributed by atoms with Gasteiger partial charge < -0.3 is 16.0 Å². The molecular weight excluding hydrogens is 446 g/mol. The third kappa shape index (κ3) is 6.96. The standard InChI is InChI=1S/C20H31NO.C10H12N4/c1-13(2)19-15(4)10-18(11-16(19)5)20(22)21-12-17-8-6-14(3)7-9-17;1-14(2)9-7-5-3-4-6-8(7)12-10(11)13-9/h10-11,13-14,17H,6-9,12H2,1-5H3,(H,21,22);3-6H,1-2H3,(H2,11,12,13). The fourth-order valence-corrected chi connectivity index (χ4v) is 5.31. The number of benzene rings is 2. The first-order valence-electron chi connectivity index (χ1n) is 13.2. The van der Waals surface area contributed by atoms with Crippen LogP contribution in [0.25, 0.3) is 10.9 Å². The van der Waals surface area contributed by atoms with Crippen LogP contribution in [0.1, 0.15) is 79.4 Å². The third-order valence-electron chi connectivity index (χ3n) is 7.14. The molecule has 1 aliphatic carbocycles. The molecule has 0 radical (unpaired) electrons. The number of nitrogen functional groups attached to an aromatic ring is 1. The van der Waals surface area contributed by atoms with Gasteiger partial charge in [0.2, 0.25) is 5.95 Å². The molecule has 3 N–H and O–H groups in total. The van der Waals surface area contributed by atoms with Crippen LogP contribution in [0.4, 0.5) is 11.8 Å². The van der Waals surface area contributed by atoms with Crippen LogP contribution in [0.5, 0.6) is 0 Å². The maximum atomic E-state index is 12.4. The lowest BCUT2D eigenvalue weighted by Crippen LogP contribution is -2.31. The molecule has 194 valence electrons. The molecule has 1 saturated carbocycles. The summed E-state index contributed by atoms with van der Waals surface area (Å²) in [6.07, 6.45) is 5.13. The number of nitrogens with zero attached hydrogens (tertiary/aromatic N) is 3.